The number of hydrogen-bond donors (Lipinski definition) is 1. The lowest BCUT2D eigenvalue weighted by molar-refractivity contribution is -0.134. The molecule has 0 radical (unpaired) electrons. The fraction of sp³-hybridized carbons (Fsp3) is 0.714. The Hall–Kier alpha value is -0.170. The summed E-state index contributed by atoms with van der Waals surface area (Å²) in [4.78, 5) is 21.8. The Bertz CT molecular complexity index is 186. The van der Waals surface area contributed by atoms with Crippen molar-refractivity contribution >= 4 is 34.8 Å². The molecule has 0 amide bonds. The van der Waals surface area contributed by atoms with Gasteiger partial charge in [-0.3, -0.25) is 9.59 Å². The van der Waals surface area contributed by atoms with Crippen LogP contribution in [0.15, 0.2) is 0 Å². The summed E-state index contributed by atoms with van der Waals surface area (Å²) in [6, 6.07) is 0. The Labute approximate surface area is 85.5 Å². The lowest BCUT2D eigenvalue weighted by atomic mass is 9.97. The predicted molar refractivity (Wildman–Crippen MR) is 52.6 cm³/mol. The van der Waals surface area contributed by atoms with E-state index in [0.717, 1.165) is 0 Å². The molecule has 0 spiro atoms. The van der Waals surface area contributed by atoms with Gasteiger partial charge in [0.1, 0.15) is 0 Å². The van der Waals surface area contributed by atoms with Crippen LogP contribution in [-0.4, -0.2) is 17.3 Å². The van der Waals surface area contributed by atoms with E-state index in [9.17, 15) is 9.59 Å². The van der Waals surface area contributed by atoms with Gasteiger partial charge in [-0.05, 0) is 13.8 Å². The molecular formula is C7H12INO3. The van der Waals surface area contributed by atoms with E-state index in [4.69, 9.17) is 5.73 Å². The summed E-state index contributed by atoms with van der Waals surface area (Å²) in [5, 5.41) is 0. The van der Waals surface area contributed by atoms with Crippen LogP contribution in [0.1, 0.15) is 26.7 Å². The van der Waals surface area contributed by atoms with Gasteiger partial charge in [0.25, 0.3) is 0 Å². The Balaban J connectivity index is 3.81. The quantitative estimate of drug-likeness (QED) is 0.781. The third kappa shape index (κ3) is 4.66. The Morgan fingerprint density at radius 2 is 1.92 bits per heavy atom. The number of carbonyl (C=O) groups is 2. The second-order valence-electron chi connectivity index (χ2n) is 3.09. The first kappa shape index (κ1) is 11.8. The molecule has 2 N–H and O–H groups in total. The van der Waals surface area contributed by atoms with E-state index in [1.807, 2.05) is 0 Å². The van der Waals surface area contributed by atoms with Crippen LogP contribution in [-0.2, 0) is 12.7 Å². The van der Waals surface area contributed by atoms with Crippen molar-refractivity contribution in [1.82, 2.24) is 0 Å². The molecule has 0 saturated heterocycles. The highest BCUT2D eigenvalue weighted by Crippen LogP contribution is 2.06. The summed E-state index contributed by atoms with van der Waals surface area (Å²) >= 11 is 1.49. The van der Waals surface area contributed by atoms with Crippen molar-refractivity contribution in [3.8, 4) is 0 Å². The summed E-state index contributed by atoms with van der Waals surface area (Å²) in [7, 11) is 0. The number of Topliss-reactive ketones (excluding diaryl/α,β-unsaturated/α-hetero) is 1. The minimum atomic E-state index is -0.856. The maximum atomic E-state index is 11.1. The number of carbonyl (C=O) groups excluding carboxylic acids is 2. The normalized spacial score (nSPS) is 11.0. The number of ketones is 1. The highest BCUT2D eigenvalue weighted by atomic mass is 127. The molecule has 0 aromatic rings. The van der Waals surface area contributed by atoms with Gasteiger partial charge in [0.2, 0.25) is 0 Å². The molecule has 0 aromatic heterocycles. The van der Waals surface area contributed by atoms with Crippen molar-refractivity contribution in [3.05, 3.63) is 0 Å². The van der Waals surface area contributed by atoms with Gasteiger partial charge < -0.3 is 8.80 Å². The largest absolute Gasteiger partial charge is 0.394 e. The molecule has 0 saturated carbocycles. The van der Waals surface area contributed by atoms with Crippen molar-refractivity contribution in [2.75, 3.05) is 0 Å². The SMILES string of the molecule is CC(C)(N)C(=O)CCC(=O)OI. The number of hydrogen-bond acceptors (Lipinski definition) is 4. The standard InChI is InChI=1S/C7H12INO3/c1-7(2,9)5(10)3-4-6(11)12-8/h3-4,9H2,1-2H3. The summed E-state index contributed by atoms with van der Waals surface area (Å²) in [6.07, 6.45) is 0.244. The molecule has 4 nitrogen and oxygen atoms in total. The second kappa shape index (κ2) is 4.76. The van der Waals surface area contributed by atoms with Gasteiger partial charge in [-0.2, -0.15) is 0 Å². The van der Waals surface area contributed by atoms with Crippen LogP contribution in [0, 0.1) is 0 Å². The zero-order valence-electron chi connectivity index (χ0n) is 7.09. The highest BCUT2D eigenvalue weighted by Gasteiger charge is 2.22. The van der Waals surface area contributed by atoms with Crippen LogP contribution in [0.4, 0.5) is 0 Å². The average Bonchev–Trinajstić information content (AvgIpc) is 1.97. The molecule has 0 aliphatic carbocycles. The Morgan fingerprint density at radius 3 is 2.25 bits per heavy atom. The van der Waals surface area contributed by atoms with Crippen LogP contribution in [0.2, 0.25) is 0 Å². The van der Waals surface area contributed by atoms with Crippen molar-refractivity contribution < 1.29 is 12.7 Å². The van der Waals surface area contributed by atoms with Crippen molar-refractivity contribution in [2.24, 2.45) is 5.73 Å². The minimum Gasteiger partial charge on any atom is -0.394 e. The molecule has 12 heavy (non-hydrogen) atoms. The molecule has 5 heteroatoms. The van der Waals surface area contributed by atoms with Crippen LogP contribution in [0.25, 0.3) is 0 Å². The molecule has 0 bridgehead atoms. The van der Waals surface area contributed by atoms with Gasteiger partial charge in [-0.15, -0.1) is 0 Å². The van der Waals surface area contributed by atoms with Gasteiger partial charge in [-0.1, -0.05) is 0 Å². The first-order valence-corrected chi connectivity index (χ1v) is 4.39. The van der Waals surface area contributed by atoms with Gasteiger partial charge in [-0.25, -0.2) is 0 Å². The maximum Gasteiger partial charge on any atom is 0.315 e. The third-order valence-electron chi connectivity index (χ3n) is 1.36. The molecule has 0 atom stereocenters. The number of rotatable bonds is 4. The predicted octanol–water partition coefficient (Wildman–Crippen LogP) is 0.966. The fourth-order valence-electron chi connectivity index (χ4n) is 0.576. The summed E-state index contributed by atoms with van der Waals surface area (Å²) in [5.74, 6) is -0.530. The summed E-state index contributed by atoms with van der Waals surface area (Å²) < 4.78 is 4.35. The van der Waals surface area contributed by atoms with Gasteiger partial charge in [0.15, 0.2) is 28.8 Å². The first-order valence-electron chi connectivity index (χ1n) is 3.51. The van der Waals surface area contributed by atoms with E-state index < -0.39 is 11.5 Å². The maximum absolute atomic E-state index is 11.1. The fourth-order valence-corrected chi connectivity index (χ4v) is 0.797. The monoisotopic (exact) mass is 285 g/mol. The van der Waals surface area contributed by atoms with Gasteiger partial charge in [0.05, 0.1) is 12.0 Å². The van der Waals surface area contributed by atoms with Gasteiger partial charge >= 0.3 is 5.97 Å². The van der Waals surface area contributed by atoms with Crippen LogP contribution in [0.5, 0.6) is 0 Å². The second-order valence-corrected chi connectivity index (χ2v) is 3.53. The summed E-state index contributed by atoms with van der Waals surface area (Å²) in [6.45, 7) is 3.23. The number of halogens is 1. The van der Waals surface area contributed by atoms with Crippen molar-refractivity contribution in [2.45, 2.75) is 32.2 Å². The van der Waals surface area contributed by atoms with E-state index in [1.54, 1.807) is 13.8 Å². The first-order chi connectivity index (χ1) is 5.38. The highest BCUT2D eigenvalue weighted by molar-refractivity contribution is 14.1. The lowest BCUT2D eigenvalue weighted by Gasteiger charge is -2.15. The topological polar surface area (TPSA) is 69.4 Å². The molecular weight excluding hydrogens is 273 g/mol. The Morgan fingerprint density at radius 1 is 1.42 bits per heavy atom. The van der Waals surface area contributed by atoms with Gasteiger partial charge in [0, 0.05) is 6.42 Å². The molecule has 0 aliphatic rings. The van der Waals surface area contributed by atoms with Crippen LogP contribution < -0.4 is 5.73 Å². The zero-order chi connectivity index (χ0) is 9.78. The molecule has 0 fully saturated rings. The molecule has 0 rings (SSSR count). The van der Waals surface area contributed by atoms with Crippen molar-refractivity contribution in [1.29, 1.82) is 0 Å². The van der Waals surface area contributed by atoms with E-state index >= 15 is 0 Å². The van der Waals surface area contributed by atoms with E-state index in [-0.39, 0.29) is 18.6 Å². The number of nitrogens with two attached hydrogens (primary N) is 1. The molecule has 0 aromatic carbocycles. The Kier molecular flexibility index (Phi) is 4.69. The lowest BCUT2D eigenvalue weighted by Crippen LogP contribution is -2.41. The molecule has 70 valence electrons. The smallest absolute Gasteiger partial charge is 0.315 e. The summed E-state index contributed by atoms with van der Waals surface area (Å²) in [5.41, 5.74) is 4.65. The molecule has 0 heterocycles. The third-order valence-corrected chi connectivity index (χ3v) is 1.85. The van der Waals surface area contributed by atoms with Crippen LogP contribution in [0.3, 0.4) is 0 Å². The van der Waals surface area contributed by atoms with E-state index in [2.05, 4.69) is 3.07 Å². The molecule has 0 unspecified atom stereocenters. The van der Waals surface area contributed by atoms with E-state index in [0.29, 0.717) is 0 Å². The molecule has 0 aliphatic heterocycles. The minimum absolute atomic E-state index is 0.0996. The van der Waals surface area contributed by atoms with E-state index in [1.165, 1.54) is 23.0 Å². The average molecular weight is 285 g/mol. The van der Waals surface area contributed by atoms with Crippen LogP contribution >= 0.6 is 23.0 Å². The van der Waals surface area contributed by atoms with Crippen molar-refractivity contribution in [3.63, 3.8) is 0 Å². The zero-order valence-corrected chi connectivity index (χ0v) is 9.25.